The van der Waals surface area contributed by atoms with Gasteiger partial charge in [-0.2, -0.15) is 0 Å². The first kappa shape index (κ1) is 11.6. The quantitative estimate of drug-likeness (QED) is 0.773. The zero-order valence-electron chi connectivity index (χ0n) is 8.71. The highest BCUT2D eigenvalue weighted by atomic mass is 32.2. The van der Waals surface area contributed by atoms with Crippen molar-refractivity contribution in [3.8, 4) is 0 Å². The van der Waals surface area contributed by atoms with Crippen molar-refractivity contribution < 1.29 is 9.59 Å². The largest absolute Gasteiger partial charge is 0.369 e. The zero-order chi connectivity index (χ0) is 10.8. The van der Waals surface area contributed by atoms with Gasteiger partial charge in [0.1, 0.15) is 5.78 Å². The van der Waals surface area contributed by atoms with Crippen LogP contribution < -0.4 is 5.73 Å². The molecule has 0 spiro atoms. The van der Waals surface area contributed by atoms with E-state index in [0.29, 0.717) is 24.4 Å². The Morgan fingerprint density at radius 3 is 2.86 bits per heavy atom. The molecule has 0 aliphatic heterocycles. The molecular formula is C10H17NO2S. The number of nitrogens with two attached hydrogens (primary N) is 1. The molecule has 1 fully saturated rings. The fraction of sp³-hybridized carbons (Fsp3) is 0.800. The van der Waals surface area contributed by atoms with Gasteiger partial charge in [0.25, 0.3) is 0 Å². The first-order valence-electron chi connectivity index (χ1n) is 4.83. The average Bonchev–Trinajstić information content (AvgIpc) is 2.07. The van der Waals surface area contributed by atoms with Gasteiger partial charge in [-0.05, 0) is 11.8 Å². The summed E-state index contributed by atoms with van der Waals surface area (Å²) < 4.78 is 0. The zero-order valence-corrected chi connectivity index (χ0v) is 9.52. The smallest absolute Gasteiger partial charge is 0.227 e. The second-order valence-corrected chi connectivity index (χ2v) is 5.69. The highest BCUT2D eigenvalue weighted by Gasteiger charge is 2.35. The highest BCUT2D eigenvalue weighted by molar-refractivity contribution is 8.00. The van der Waals surface area contributed by atoms with Crippen LogP contribution >= 0.6 is 11.8 Å². The van der Waals surface area contributed by atoms with E-state index in [4.69, 9.17) is 5.73 Å². The Balaban J connectivity index is 2.54. The van der Waals surface area contributed by atoms with Gasteiger partial charge >= 0.3 is 0 Å². The molecule has 1 saturated carbocycles. The summed E-state index contributed by atoms with van der Waals surface area (Å²) in [6, 6.07) is 0. The van der Waals surface area contributed by atoms with E-state index >= 15 is 0 Å². The lowest BCUT2D eigenvalue weighted by Gasteiger charge is -2.37. The predicted molar refractivity (Wildman–Crippen MR) is 58.1 cm³/mol. The van der Waals surface area contributed by atoms with Gasteiger partial charge in [0.05, 0.1) is 5.75 Å². The van der Waals surface area contributed by atoms with Gasteiger partial charge < -0.3 is 5.73 Å². The summed E-state index contributed by atoms with van der Waals surface area (Å²) in [6.07, 6.45) is 2.19. The lowest BCUT2D eigenvalue weighted by molar-refractivity contribution is -0.121. The summed E-state index contributed by atoms with van der Waals surface area (Å²) in [5, 5.41) is 0.247. The molecule has 1 unspecified atom stereocenters. The maximum absolute atomic E-state index is 11.3. The van der Waals surface area contributed by atoms with Crippen LogP contribution in [0.3, 0.4) is 0 Å². The van der Waals surface area contributed by atoms with E-state index in [0.717, 1.165) is 6.42 Å². The van der Waals surface area contributed by atoms with Crippen molar-refractivity contribution >= 4 is 23.5 Å². The van der Waals surface area contributed by atoms with E-state index in [9.17, 15) is 9.59 Å². The SMILES string of the molecule is CC1(C)CCC(=O)CC1SCC(N)=O. The molecule has 3 nitrogen and oxygen atoms in total. The summed E-state index contributed by atoms with van der Waals surface area (Å²) in [4.78, 5) is 21.9. The summed E-state index contributed by atoms with van der Waals surface area (Å²) in [6.45, 7) is 4.30. The Kier molecular flexibility index (Phi) is 3.59. The number of ketones is 1. The van der Waals surface area contributed by atoms with E-state index in [1.165, 1.54) is 11.8 Å². The Bertz CT molecular complexity index is 251. The van der Waals surface area contributed by atoms with Crippen molar-refractivity contribution in [2.45, 2.75) is 38.4 Å². The van der Waals surface area contributed by atoms with Crippen LogP contribution in [0.25, 0.3) is 0 Å². The van der Waals surface area contributed by atoms with Crippen LogP contribution in [-0.4, -0.2) is 22.7 Å². The number of primary amides is 1. The highest BCUT2D eigenvalue weighted by Crippen LogP contribution is 2.41. The molecule has 0 heterocycles. The molecule has 1 aliphatic rings. The molecule has 1 aliphatic carbocycles. The Labute approximate surface area is 88.8 Å². The third kappa shape index (κ3) is 3.01. The fourth-order valence-corrected chi connectivity index (χ4v) is 2.91. The van der Waals surface area contributed by atoms with E-state index in [1.54, 1.807) is 0 Å². The van der Waals surface area contributed by atoms with Gasteiger partial charge in [-0.25, -0.2) is 0 Å². The molecule has 0 bridgehead atoms. The van der Waals surface area contributed by atoms with Crippen LogP contribution in [0.1, 0.15) is 33.1 Å². The number of hydrogen-bond donors (Lipinski definition) is 1. The molecule has 80 valence electrons. The molecule has 0 aromatic rings. The van der Waals surface area contributed by atoms with E-state index in [2.05, 4.69) is 13.8 Å². The molecular weight excluding hydrogens is 198 g/mol. The van der Waals surface area contributed by atoms with Gasteiger partial charge in [0.15, 0.2) is 0 Å². The standard InChI is InChI=1S/C10H17NO2S/c1-10(2)4-3-7(12)5-8(10)14-6-9(11)13/h8H,3-6H2,1-2H3,(H2,11,13). The molecule has 0 aromatic carbocycles. The summed E-state index contributed by atoms with van der Waals surface area (Å²) in [5.41, 5.74) is 5.24. The lowest BCUT2D eigenvalue weighted by atomic mass is 9.76. The van der Waals surface area contributed by atoms with Crippen molar-refractivity contribution in [2.24, 2.45) is 11.1 Å². The van der Waals surface area contributed by atoms with Gasteiger partial charge in [0, 0.05) is 18.1 Å². The number of amides is 1. The van der Waals surface area contributed by atoms with Gasteiger partial charge in [-0.15, -0.1) is 11.8 Å². The third-order valence-electron chi connectivity index (χ3n) is 2.76. The monoisotopic (exact) mass is 215 g/mol. The maximum atomic E-state index is 11.3. The summed E-state index contributed by atoms with van der Waals surface area (Å²) in [5.74, 6) is 0.330. The Morgan fingerprint density at radius 2 is 2.29 bits per heavy atom. The molecule has 0 saturated heterocycles. The van der Waals surface area contributed by atoms with Crippen molar-refractivity contribution in [3.05, 3.63) is 0 Å². The number of carbonyl (C=O) groups is 2. The number of Topliss-reactive ketones (excluding diaryl/α,β-unsaturated/α-hetero) is 1. The average molecular weight is 215 g/mol. The molecule has 14 heavy (non-hydrogen) atoms. The van der Waals surface area contributed by atoms with Crippen LogP contribution in [0.4, 0.5) is 0 Å². The third-order valence-corrected chi connectivity index (χ3v) is 4.42. The molecule has 1 rings (SSSR count). The second kappa shape index (κ2) is 4.34. The van der Waals surface area contributed by atoms with Crippen molar-refractivity contribution in [1.29, 1.82) is 0 Å². The molecule has 0 radical (unpaired) electrons. The first-order chi connectivity index (χ1) is 6.42. The van der Waals surface area contributed by atoms with E-state index in [1.807, 2.05) is 0 Å². The van der Waals surface area contributed by atoms with Crippen molar-refractivity contribution in [3.63, 3.8) is 0 Å². The number of carbonyl (C=O) groups excluding carboxylic acids is 2. The van der Waals surface area contributed by atoms with Crippen LogP contribution in [-0.2, 0) is 9.59 Å². The van der Waals surface area contributed by atoms with E-state index < -0.39 is 0 Å². The van der Waals surface area contributed by atoms with Crippen LogP contribution in [0.5, 0.6) is 0 Å². The predicted octanol–water partition coefficient (Wildman–Crippen LogP) is 1.35. The molecule has 0 aromatic heterocycles. The van der Waals surface area contributed by atoms with Crippen LogP contribution in [0.2, 0.25) is 0 Å². The maximum Gasteiger partial charge on any atom is 0.227 e. The fourth-order valence-electron chi connectivity index (χ4n) is 1.67. The van der Waals surface area contributed by atoms with Gasteiger partial charge in [0.2, 0.25) is 5.91 Å². The minimum Gasteiger partial charge on any atom is -0.369 e. The van der Waals surface area contributed by atoms with Gasteiger partial charge in [-0.3, -0.25) is 9.59 Å². The number of rotatable bonds is 3. The first-order valence-corrected chi connectivity index (χ1v) is 5.88. The van der Waals surface area contributed by atoms with Gasteiger partial charge in [-0.1, -0.05) is 13.8 Å². The Hall–Kier alpha value is -0.510. The Morgan fingerprint density at radius 1 is 1.64 bits per heavy atom. The molecule has 4 heteroatoms. The van der Waals surface area contributed by atoms with Crippen molar-refractivity contribution in [1.82, 2.24) is 0 Å². The van der Waals surface area contributed by atoms with Crippen LogP contribution in [0.15, 0.2) is 0 Å². The number of hydrogen-bond acceptors (Lipinski definition) is 3. The lowest BCUT2D eigenvalue weighted by Crippen LogP contribution is -2.35. The van der Waals surface area contributed by atoms with E-state index in [-0.39, 0.29) is 16.6 Å². The minimum atomic E-state index is -0.302. The molecule has 2 N–H and O–H groups in total. The summed E-state index contributed by atoms with van der Waals surface area (Å²) >= 11 is 1.52. The van der Waals surface area contributed by atoms with Crippen LogP contribution in [0, 0.1) is 5.41 Å². The molecule has 1 atom stereocenters. The number of thioether (sulfide) groups is 1. The van der Waals surface area contributed by atoms with Crippen molar-refractivity contribution in [2.75, 3.05) is 5.75 Å². The normalized spacial score (nSPS) is 26.1. The topological polar surface area (TPSA) is 60.2 Å². The second-order valence-electron chi connectivity index (χ2n) is 4.50. The minimum absolute atomic E-state index is 0.147. The summed E-state index contributed by atoms with van der Waals surface area (Å²) in [7, 11) is 0. The molecule has 1 amide bonds.